The molecule has 0 aliphatic carbocycles. The molecule has 1 atom stereocenters. The summed E-state index contributed by atoms with van der Waals surface area (Å²) < 4.78 is 16.7. The molecule has 0 aliphatic heterocycles. The lowest BCUT2D eigenvalue weighted by atomic mass is 10.1. The van der Waals surface area contributed by atoms with Crippen molar-refractivity contribution in [1.82, 2.24) is 0 Å². The maximum absolute atomic E-state index is 12.7. The third kappa shape index (κ3) is 46.5. The van der Waals surface area contributed by atoms with Crippen LogP contribution in [0.15, 0.2) is 36.5 Å². The number of carbonyl (C=O) groups excluding carboxylic acids is 3. The zero-order valence-corrected chi connectivity index (χ0v) is 39.3. The summed E-state index contributed by atoms with van der Waals surface area (Å²) in [4.78, 5) is 37.8. The van der Waals surface area contributed by atoms with Crippen LogP contribution in [-0.4, -0.2) is 37.2 Å². The number of allylic oxidation sites excluding steroid dienone is 6. The Morgan fingerprint density at radius 3 is 0.949 bits per heavy atom. The normalized spacial score (nSPS) is 12.3. The Labute approximate surface area is 365 Å². The van der Waals surface area contributed by atoms with Gasteiger partial charge in [-0.3, -0.25) is 14.4 Å². The van der Waals surface area contributed by atoms with Crippen LogP contribution in [0, 0.1) is 0 Å². The standard InChI is InChI=1S/C53H96O6/c1-4-7-10-13-16-19-21-22-23-24-25-26-27-28-29-30-32-34-37-40-43-46-52(55)58-49-50(48-57-51(54)45-42-39-36-33-18-15-12-9-6-3)59-53(56)47-44-41-38-35-31-20-17-14-11-8-5-2/h21-22,24-25,27-28,50H,4-20,23,26,29-49H2,1-3H3/b22-21-,25-24-,28-27-. The lowest BCUT2D eigenvalue weighted by Crippen LogP contribution is -2.30. The van der Waals surface area contributed by atoms with Gasteiger partial charge in [-0.15, -0.1) is 0 Å². The van der Waals surface area contributed by atoms with Gasteiger partial charge in [0.2, 0.25) is 0 Å². The van der Waals surface area contributed by atoms with E-state index in [0.717, 1.165) is 77.0 Å². The molecule has 0 rings (SSSR count). The average molecular weight is 829 g/mol. The first-order valence-electron chi connectivity index (χ1n) is 25.5. The van der Waals surface area contributed by atoms with E-state index < -0.39 is 6.10 Å². The Hall–Kier alpha value is -2.37. The first-order chi connectivity index (χ1) is 29.0. The number of carbonyl (C=O) groups is 3. The Morgan fingerprint density at radius 2 is 0.610 bits per heavy atom. The van der Waals surface area contributed by atoms with Crippen LogP contribution >= 0.6 is 0 Å². The van der Waals surface area contributed by atoms with E-state index in [4.69, 9.17) is 14.2 Å². The fraction of sp³-hybridized carbons (Fsp3) is 0.830. The molecular weight excluding hydrogens is 733 g/mol. The summed E-state index contributed by atoms with van der Waals surface area (Å²) in [6, 6.07) is 0. The van der Waals surface area contributed by atoms with Gasteiger partial charge in [0.15, 0.2) is 6.10 Å². The third-order valence-electron chi connectivity index (χ3n) is 11.1. The van der Waals surface area contributed by atoms with Gasteiger partial charge in [-0.25, -0.2) is 0 Å². The van der Waals surface area contributed by atoms with E-state index in [9.17, 15) is 14.4 Å². The molecule has 59 heavy (non-hydrogen) atoms. The predicted octanol–water partition coefficient (Wildman–Crippen LogP) is 16.5. The molecule has 0 heterocycles. The highest BCUT2D eigenvalue weighted by molar-refractivity contribution is 5.71. The molecule has 0 aliphatic rings. The van der Waals surface area contributed by atoms with E-state index in [1.165, 1.54) is 148 Å². The van der Waals surface area contributed by atoms with Crippen molar-refractivity contribution in [2.45, 2.75) is 271 Å². The van der Waals surface area contributed by atoms with Crippen molar-refractivity contribution < 1.29 is 28.6 Å². The molecule has 0 amide bonds. The van der Waals surface area contributed by atoms with Gasteiger partial charge in [0, 0.05) is 19.3 Å². The van der Waals surface area contributed by atoms with Crippen LogP contribution in [0.1, 0.15) is 265 Å². The molecule has 0 bridgehead atoms. The van der Waals surface area contributed by atoms with Crippen molar-refractivity contribution in [2.75, 3.05) is 13.2 Å². The van der Waals surface area contributed by atoms with Crippen molar-refractivity contribution in [3.8, 4) is 0 Å². The maximum Gasteiger partial charge on any atom is 0.306 e. The van der Waals surface area contributed by atoms with Gasteiger partial charge in [0.1, 0.15) is 13.2 Å². The summed E-state index contributed by atoms with van der Waals surface area (Å²) in [7, 11) is 0. The molecule has 0 aromatic heterocycles. The summed E-state index contributed by atoms with van der Waals surface area (Å²) in [5.41, 5.74) is 0. The fourth-order valence-electron chi connectivity index (χ4n) is 7.27. The van der Waals surface area contributed by atoms with Gasteiger partial charge < -0.3 is 14.2 Å². The topological polar surface area (TPSA) is 78.9 Å². The van der Waals surface area contributed by atoms with Gasteiger partial charge in [-0.1, -0.05) is 224 Å². The van der Waals surface area contributed by atoms with E-state index in [1.807, 2.05) is 0 Å². The maximum atomic E-state index is 12.7. The largest absolute Gasteiger partial charge is 0.462 e. The van der Waals surface area contributed by atoms with Gasteiger partial charge in [-0.05, 0) is 57.8 Å². The van der Waals surface area contributed by atoms with E-state index in [2.05, 4.69) is 57.2 Å². The Morgan fingerprint density at radius 1 is 0.339 bits per heavy atom. The fourth-order valence-corrected chi connectivity index (χ4v) is 7.27. The zero-order chi connectivity index (χ0) is 43.0. The second kappa shape index (κ2) is 48.3. The monoisotopic (exact) mass is 829 g/mol. The Bertz CT molecular complexity index is 1000. The third-order valence-corrected chi connectivity index (χ3v) is 11.1. The summed E-state index contributed by atoms with van der Waals surface area (Å²) in [6.07, 6.45) is 55.6. The zero-order valence-electron chi connectivity index (χ0n) is 39.3. The minimum absolute atomic E-state index is 0.0730. The van der Waals surface area contributed by atoms with Gasteiger partial charge in [0.05, 0.1) is 0 Å². The molecule has 6 heteroatoms. The Balaban J connectivity index is 4.26. The first kappa shape index (κ1) is 56.6. The molecule has 0 aromatic carbocycles. The van der Waals surface area contributed by atoms with Crippen LogP contribution in [0.4, 0.5) is 0 Å². The Kier molecular flexibility index (Phi) is 46.4. The van der Waals surface area contributed by atoms with E-state index >= 15 is 0 Å². The quantitative estimate of drug-likeness (QED) is 0.0263. The first-order valence-corrected chi connectivity index (χ1v) is 25.5. The summed E-state index contributed by atoms with van der Waals surface area (Å²) in [6.45, 7) is 6.60. The summed E-state index contributed by atoms with van der Waals surface area (Å²) in [5, 5.41) is 0. The second-order valence-electron chi connectivity index (χ2n) is 17.1. The number of hydrogen-bond acceptors (Lipinski definition) is 6. The molecule has 0 N–H and O–H groups in total. The van der Waals surface area contributed by atoms with Crippen LogP contribution in [-0.2, 0) is 28.6 Å². The molecule has 0 saturated carbocycles. The second-order valence-corrected chi connectivity index (χ2v) is 17.1. The minimum atomic E-state index is -0.770. The molecule has 6 nitrogen and oxygen atoms in total. The lowest BCUT2D eigenvalue weighted by molar-refractivity contribution is -0.167. The van der Waals surface area contributed by atoms with Crippen LogP contribution in [0.3, 0.4) is 0 Å². The lowest BCUT2D eigenvalue weighted by Gasteiger charge is -2.18. The molecule has 0 fully saturated rings. The van der Waals surface area contributed by atoms with E-state index in [0.29, 0.717) is 19.3 Å². The molecule has 0 aromatic rings. The van der Waals surface area contributed by atoms with Crippen LogP contribution in [0.25, 0.3) is 0 Å². The minimum Gasteiger partial charge on any atom is -0.462 e. The molecule has 0 radical (unpaired) electrons. The predicted molar refractivity (Wildman–Crippen MR) is 252 cm³/mol. The number of ether oxygens (including phenoxy) is 3. The van der Waals surface area contributed by atoms with E-state index in [1.54, 1.807) is 0 Å². The van der Waals surface area contributed by atoms with Crippen molar-refractivity contribution in [1.29, 1.82) is 0 Å². The van der Waals surface area contributed by atoms with Crippen molar-refractivity contribution >= 4 is 17.9 Å². The van der Waals surface area contributed by atoms with Gasteiger partial charge in [0.25, 0.3) is 0 Å². The molecular formula is C53H96O6. The van der Waals surface area contributed by atoms with Crippen molar-refractivity contribution in [3.63, 3.8) is 0 Å². The van der Waals surface area contributed by atoms with Gasteiger partial charge in [-0.2, -0.15) is 0 Å². The van der Waals surface area contributed by atoms with Crippen molar-refractivity contribution in [3.05, 3.63) is 36.5 Å². The SMILES string of the molecule is CCCCCCC/C=C\C/C=C\C/C=C\CCCCCCCCC(=O)OCC(COC(=O)CCCCCCCCCCC)OC(=O)CCCCCCCCCCCCC. The number of esters is 3. The molecule has 1 unspecified atom stereocenters. The average Bonchev–Trinajstić information content (AvgIpc) is 3.23. The summed E-state index contributed by atoms with van der Waals surface area (Å²) in [5.74, 6) is -0.881. The van der Waals surface area contributed by atoms with Crippen LogP contribution in [0.5, 0.6) is 0 Å². The van der Waals surface area contributed by atoms with E-state index in [-0.39, 0.29) is 31.1 Å². The highest BCUT2D eigenvalue weighted by atomic mass is 16.6. The molecule has 344 valence electrons. The van der Waals surface area contributed by atoms with Crippen molar-refractivity contribution in [2.24, 2.45) is 0 Å². The highest BCUT2D eigenvalue weighted by Crippen LogP contribution is 2.15. The molecule has 0 spiro atoms. The number of unbranched alkanes of at least 4 members (excludes halogenated alkanes) is 29. The number of hydrogen-bond donors (Lipinski definition) is 0. The van der Waals surface area contributed by atoms with Gasteiger partial charge >= 0.3 is 17.9 Å². The molecule has 0 saturated heterocycles. The highest BCUT2D eigenvalue weighted by Gasteiger charge is 2.19. The van der Waals surface area contributed by atoms with Crippen LogP contribution in [0.2, 0.25) is 0 Å². The van der Waals surface area contributed by atoms with Crippen LogP contribution < -0.4 is 0 Å². The summed E-state index contributed by atoms with van der Waals surface area (Å²) >= 11 is 0. The number of rotatable bonds is 46. The smallest absolute Gasteiger partial charge is 0.306 e.